The molecular formula is C36H40F2N6O2S. The lowest BCUT2D eigenvalue weighted by Gasteiger charge is -2.35. The van der Waals surface area contributed by atoms with Crippen molar-refractivity contribution in [3.05, 3.63) is 58.1 Å². The molecule has 5 aliphatic heterocycles. The van der Waals surface area contributed by atoms with Crippen molar-refractivity contribution < 1.29 is 18.3 Å². The van der Waals surface area contributed by atoms with Gasteiger partial charge in [-0.1, -0.05) is 36.1 Å². The molecule has 0 amide bonds. The Labute approximate surface area is 277 Å². The first-order chi connectivity index (χ1) is 22.9. The van der Waals surface area contributed by atoms with Crippen LogP contribution in [0.4, 0.5) is 14.6 Å². The normalized spacial score (nSPS) is 29.3. The van der Waals surface area contributed by atoms with Gasteiger partial charge < -0.3 is 25.4 Å². The molecule has 6 heterocycles. The molecule has 5 atom stereocenters. The number of nitrogens with zero attached hydrogens (tertiary/aromatic N) is 4. The van der Waals surface area contributed by atoms with Crippen LogP contribution in [-0.2, 0) is 4.74 Å². The fraction of sp³-hybridized carbons (Fsp3) is 0.500. The number of hydrogen-bond donors (Lipinski definition) is 2. The molecule has 246 valence electrons. The quantitative estimate of drug-likeness (QED) is 0.334. The lowest BCUT2D eigenvalue weighted by atomic mass is 9.88. The smallest absolute Gasteiger partial charge is 0.319 e. The highest BCUT2D eigenvalue weighted by molar-refractivity contribution is 8.03. The van der Waals surface area contributed by atoms with E-state index in [9.17, 15) is 0 Å². The van der Waals surface area contributed by atoms with Gasteiger partial charge in [-0.25, -0.2) is 8.78 Å². The van der Waals surface area contributed by atoms with Gasteiger partial charge in [0.25, 0.3) is 0 Å². The molecule has 3 aromatic rings. The number of hydrogen-bond acceptors (Lipinski definition) is 9. The fourth-order valence-corrected chi connectivity index (χ4v) is 10.2. The van der Waals surface area contributed by atoms with Gasteiger partial charge in [0, 0.05) is 55.2 Å². The summed E-state index contributed by atoms with van der Waals surface area (Å²) in [6.07, 6.45) is 13.1. The highest BCUT2D eigenvalue weighted by atomic mass is 32.2. The predicted octanol–water partition coefficient (Wildman–Crippen LogP) is 5.94. The molecule has 0 spiro atoms. The van der Waals surface area contributed by atoms with Gasteiger partial charge in [-0.15, -0.1) is 0 Å². The molecule has 47 heavy (non-hydrogen) atoms. The van der Waals surface area contributed by atoms with Crippen LogP contribution < -0.4 is 20.7 Å². The zero-order chi connectivity index (χ0) is 31.9. The maximum atomic E-state index is 17.3. The van der Waals surface area contributed by atoms with E-state index in [2.05, 4.69) is 21.2 Å². The SMILES string of the molecule is COCC1CCC2(COc3nc(N4CC5CCC(C4)N5)c4cc5c(c(F)c4n3)-c3ccc(F)c4c3C(C=C5)CC=C(N)S4)CCCN12. The summed E-state index contributed by atoms with van der Waals surface area (Å²) < 4.78 is 44.6. The van der Waals surface area contributed by atoms with Crippen LogP contribution >= 0.6 is 11.8 Å². The molecule has 8 nitrogen and oxygen atoms in total. The molecule has 1 aromatic heterocycles. The van der Waals surface area contributed by atoms with Crippen LogP contribution in [0.15, 0.2) is 40.3 Å². The average molecular weight is 659 g/mol. The van der Waals surface area contributed by atoms with Crippen LogP contribution in [0.25, 0.3) is 28.1 Å². The van der Waals surface area contributed by atoms with Crippen LogP contribution in [0, 0.1) is 11.6 Å². The summed E-state index contributed by atoms with van der Waals surface area (Å²) in [6, 6.07) is 6.51. The van der Waals surface area contributed by atoms with E-state index in [4.69, 9.17) is 25.2 Å². The zero-order valence-electron chi connectivity index (χ0n) is 26.6. The van der Waals surface area contributed by atoms with E-state index in [1.54, 1.807) is 13.2 Å². The summed E-state index contributed by atoms with van der Waals surface area (Å²) in [6.45, 7) is 3.79. The van der Waals surface area contributed by atoms with E-state index in [1.165, 1.54) is 17.8 Å². The van der Waals surface area contributed by atoms with Gasteiger partial charge in [-0.05, 0) is 80.3 Å². The maximum Gasteiger partial charge on any atom is 0.319 e. The Hall–Kier alpha value is -3.25. The minimum atomic E-state index is -0.430. The number of rotatable bonds is 6. The van der Waals surface area contributed by atoms with Crippen molar-refractivity contribution in [2.75, 3.05) is 44.9 Å². The summed E-state index contributed by atoms with van der Waals surface area (Å²) in [7, 11) is 1.76. The largest absolute Gasteiger partial charge is 0.461 e. The van der Waals surface area contributed by atoms with Crippen LogP contribution in [-0.4, -0.2) is 78.5 Å². The molecule has 11 heteroatoms. The number of benzene rings is 2. The highest BCUT2D eigenvalue weighted by Crippen LogP contribution is 2.49. The summed E-state index contributed by atoms with van der Waals surface area (Å²) in [5.41, 5.74) is 9.00. The lowest BCUT2D eigenvalue weighted by Crippen LogP contribution is -2.51. The Bertz CT molecular complexity index is 1820. The minimum Gasteiger partial charge on any atom is -0.461 e. The van der Waals surface area contributed by atoms with Crippen molar-refractivity contribution in [1.82, 2.24) is 20.2 Å². The van der Waals surface area contributed by atoms with E-state index in [-0.39, 0.29) is 28.8 Å². The van der Waals surface area contributed by atoms with Gasteiger partial charge in [0.15, 0.2) is 5.82 Å². The van der Waals surface area contributed by atoms with Gasteiger partial charge in [-0.3, -0.25) is 4.90 Å². The Balaban J connectivity index is 1.17. The number of halogens is 2. The predicted molar refractivity (Wildman–Crippen MR) is 181 cm³/mol. The Morgan fingerprint density at radius 3 is 2.81 bits per heavy atom. The number of thioether (sulfide) groups is 1. The first kappa shape index (κ1) is 29.9. The first-order valence-electron chi connectivity index (χ1n) is 17.0. The van der Waals surface area contributed by atoms with Crippen molar-refractivity contribution in [3.8, 4) is 17.1 Å². The van der Waals surface area contributed by atoms with E-state index in [0.717, 1.165) is 75.1 Å². The number of aromatic nitrogens is 2. The molecule has 2 aromatic carbocycles. The third kappa shape index (κ3) is 4.87. The minimum absolute atomic E-state index is 0.0822. The van der Waals surface area contributed by atoms with Gasteiger partial charge in [-0.2, -0.15) is 9.97 Å². The number of nitrogens with two attached hydrogens (primary N) is 1. The number of nitrogens with one attached hydrogen (secondary N) is 1. The molecule has 6 aliphatic rings. The van der Waals surface area contributed by atoms with E-state index >= 15 is 8.78 Å². The van der Waals surface area contributed by atoms with Gasteiger partial charge in [0.05, 0.1) is 22.1 Å². The number of allylic oxidation sites excluding steroid dienone is 2. The van der Waals surface area contributed by atoms with Crippen LogP contribution in [0.2, 0.25) is 0 Å². The second-order valence-corrected chi connectivity index (χ2v) is 15.2. The summed E-state index contributed by atoms with van der Waals surface area (Å²) >= 11 is 1.22. The monoisotopic (exact) mass is 658 g/mol. The van der Waals surface area contributed by atoms with Crippen molar-refractivity contribution in [1.29, 1.82) is 0 Å². The first-order valence-corrected chi connectivity index (χ1v) is 17.8. The summed E-state index contributed by atoms with van der Waals surface area (Å²) in [5.74, 6) is -0.186. The number of methoxy groups -OCH3 is 1. The summed E-state index contributed by atoms with van der Waals surface area (Å²) in [4.78, 5) is 15.2. The molecule has 0 saturated carbocycles. The summed E-state index contributed by atoms with van der Waals surface area (Å²) in [5, 5.41) is 4.94. The average Bonchev–Trinajstić information content (AvgIpc) is 3.66. The topological polar surface area (TPSA) is 88.8 Å². The van der Waals surface area contributed by atoms with Gasteiger partial charge >= 0.3 is 6.01 Å². The molecule has 4 fully saturated rings. The number of anilines is 1. The molecule has 4 saturated heterocycles. The van der Waals surface area contributed by atoms with Gasteiger partial charge in [0.1, 0.15) is 23.8 Å². The third-order valence-corrected chi connectivity index (χ3v) is 12.4. The van der Waals surface area contributed by atoms with E-state index in [0.29, 0.717) is 64.2 Å². The van der Waals surface area contributed by atoms with E-state index in [1.807, 2.05) is 18.2 Å². The Kier molecular flexibility index (Phi) is 7.26. The molecule has 0 radical (unpaired) electrons. The molecule has 2 bridgehead atoms. The van der Waals surface area contributed by atoms with Crippen molar-refractivity contribution >= 4 is 34.6 Å². The second kappa shape index (κ2) is 11.4. The molecule has 3 N–H and O–H groups in total. The third-order valence-electron chi connectivity index (χ3n) is 11.4. The zero-order valence-corrected chi connectivity index (χ0v) is 27.4. The highest BCUT2D eigenvalue weighted by Gasteiger charge is 2.50. The molecule has 1 aliphatic carbocycles. The van der Waals surface area contributed by atoms with Crippen molar-refractivity contribution in [2.45, 2.75) is 79.4 Å². The van der Waals surface area contributed by atoms with Crippen molar-refractivity contribution in [2.24, 2.45) is 5.73 Å². The lowest BCUT2D eigenvalue weighted by molar-refractivity contribution is 0.0521. The number of ether oxygens (including phenoxy) is 2. The standard InChI is InChI=1S/C36H40F2N6O2S/c1-45-18-24-11-13-36(12-2-14-44(24)36)19-46-35-41-32-26(34(42-35)43-16-22-6-7-23(17-43)40-22)15-21-4-3-20-5-10-28(39)47-33-27(37)9-8-25(30(20)33)29(21)31(32)38/h3-4,8-10,15,20,22-24,40H,2,5-7,11-14,16-19,39H2,1H3. The van der Waals surface area contributed by atoms with Gasteiger partial charge in [0.2, 0.25) is 0 Å². The van der Waals surface area contributed by atoms with Crippen molar-refractivity contribution in [3.63, 3.8) is 0 Å². The second-order valence-electron chi connectivity index (χ2n) is 14.1. The number of fused-ring (bicyclic) bond motifs is 6. The van der Waals surface area contributed by atoms with E-state index < -0.39 is 5.82 Å². The fourth-order valence-electron chi connectivity index (χ4n) is 9.25. The Morgan fingerprint density at radius 2 is 1.98 bits per heavy atom. The molecule has 9 rings (SSSR count). The van der Waals surface area contributed by atoms with Crippen LogP contribution in [0.5, 0.6) is 6.01 Å². The Morgan fingerprint density at radius 1 is 1.13 bits per heavy atom. The maximum absolute atomic E-state index is 17.3. The number of piperazine rings is 1. The molecule has 5 unspecified atom stereocenters. The van der Waals surface area contributed by atoms with Crippen LogP contribution in [0.1, 0.15) is 62.0 Å². The van der Waals surface area contributed by atoms with Crippen LogP contribution in [0.3, 0.4) is 0 Å². The molecular weight excluding hydrogens is 618 g/mol.